The lowest BCUT2D eigenvalue weighted by Crippen LogP contribution is -2.53. The monoisotopic (exact) mass is 297 g/mol. The summed E-state index contributed by atoms with van der Waals surface area (Å²) >= 11 is 5.06. The molecule has 114 valence electrons. The molecule has 2 aliphatic rings. The number of piperazine rings is 1. The zero-order chi connectivity index (χ0) is 14.5. The van der Waals surface area contributed by atoms with Gasteiger partial charge < -0.3 is 10.6 Å². The predicted molar refractivity (Wildman–Crippen MR) is 85.6 cm³/mol. The van der Waals surface area contributed by atoms with Crippen LogP contribution in [0.4, 0.5) is 0 Å². The minimum atomic E-state index is -0.256. The maximum Gasteiger partial charge on any atom is 0.232 e. The van der Waals surface area contributed by atoms with Crippen molar-refractivity contribution in [1.29, 1.82) is 0 Å². The zero-order valence-corrected chi connectivity index (χ0v) is 13.3. The summed E-state index contributed by atoms with van der Waals surface area (Å²) in [4.78, 5) is 17.4. The van der Waals surface area contributed by atoms with Gasteiger partial charge in [0.2, 0.25) is 5.91 Å². The summed E-state index contributed by atoms with van der Waals surface area (Å²) in [5, 5.41) is 0. The summed E-state index contributed by atoms with van der Waals surface area (Å²) in [6, 6.07) is 0.759. The van der Waals surface area contributed by atoms with Crippen LogP contribution in [0.25, 0.3) is 0 Å². The Morgan fingerprint density at radius 1 is 1.25 bits per heavy atom. The molecule has 1 saturated carbocycles. The van der Waals surface area contributed by atoms with Crippen molar-refractivity contribution in [3.63, 3.8) is 0 Å². The Balaban J connectivity index is 1.85. The molecule has 0 bridgehead atoms. The number of carbonyl (C=O) groups is 1. The fourth-order valence-electron chi connectivity index (χ4n) is 3.47. The van der Waals surface area contributed by atoms with Crippen LogP contribution in [0.3, 0.4) is 0 Å². The summed E-state index contributed by atoms with van der Waals surface area (Å²) in [6.45, 7) is 5.74. The van der Waals surface area contributed by atoms with Gasteiger partial charge in [-0.2, -0.15) is 0 Å². The first-order valence-electron chi connectivity index (χ1n) is 7.95. The summed E-state index contributed by atoms with van der Waals surface area (Å²) in [5.41, 5.74) is 5.73. The molecule has 2 rings (SSSR count). The molecular weight excluding hydrogens is 270 g/mol. The Hall–Kier alpha value is -0.680. The molecule has 1 aliphatic carbocycles. The molecule has 1 heterocycles. The summed E-state index contributed by atoms with van der Waals surface area (Å²) in [7, 11) is 0. The first kappa shape index (κ1) is 15.7. The minimum Gasteiger partial charge on any atom is -0.393 e. The number of hydrogen-bond acceptors (Lipinski definition) is 3. The molecule has 1 aliphatic heterocycles. The van der Waals surface area contributed by atoms with Gasteiger partial charge in [0.05, 0.1) is 10.9 Å². The van der Waals surface area contributed by atoms with Gasteiger partial charge in [0, 0.05) is 32.2 Å². The van der Waals surface area contributed by atoms with E-state index >= 15 is 0 Å². The topological polar surface area (TPSA) is 49.6 Å². The highest BCUT2D eigenvalue weighted by Gasteiger charge is 2.31. The van der Waals surface area contributed by atoms with Crippen LogP contribution in [0.5, 0.6) is 0 Å². The van der Waals surface area contributed by atoms with Crippen molar-refractivity contribution in [2.24, 2.45) is 11.7 Å². The van der Waals surface area contributed by atoms with Gasteiger partial charge >= 0.3 is 0 Å². The van der Waals surface area contributed by atoms with Gasteiger partial charge in [0.1, 0.15) is 0 Å². The quantitative estimate of drug-likeness (QED) is 0.786. The summed E-state index contributed by atoms with van der Waals surface area (Å²) in [5.74, 6) is -0.113. The lowest BCUT2D eigenvalue weighted by Gasteiger charge is -2.39. The zero-order valence-electron chi connectivity index (χ0n) is 12.5. The number of rotatable bonds is 5. The Labute approximate surface area is 127 Å². The smallest absolute Gasteiger partial charge is 0.232 e. The number of thiocarbonyl (C=S) groups is 1. The van der Waals surface area contributed by atoms with E-state index in [0.29, 0.717) is 4.99 Å². The Morgan fingerprint density at radius 3 is 2.35 bits per heavy atom. The Kier molecular flexibility index (Phi) is 5.78. The Bertz CT molecular complexity index is 347. The summed E-state index contributed by atoms with van der Waals surface area (Å²) < 4.78 is 0. The van der Waals surface area contributed by atoms with Crippen molar-refractivity contribution in [2.45, 2.75) is 51.5 Å². The number of nitrogens with two attached hydrogens (primary N) is 1. The van der Waals surface area contributed by atoms with E-state index in [0.717, 1.165) is 45.1 Å². The van der Waals surface area contributed by atoms with Crippen molar-refractivity contribution >= 4 is 23.1 Å². The van der Waals surface area contributed by atoms with Crippen molar-refractivity contribution in [2.75, 3.05) is 26.2 Å². The van der Waals surface area contributed by atoms with Gasteiger partial charge in [-0.3, -0.25) is 9.69 Å². The first-order chi connectivity index (χ1) is 9.63. The van der Waals surface area contributed by atoms with E-state index in [4.69, 9.17) is 18.0 Å². The average molecular weight is 297 g/mol. The molecule has 1 unspecified atom stereocenters. The highest BCUT2D eigenvalue weighted by molar-refractivity contribution is 7.80. The standard InChI is InChI=1S/C15H27N3OS/c1-2-5-13(14(16)20)15(19)18-10-8-17(9-11-18)12-6-3-4-7-12/h12-13H,2-11H2,1H3,(H2,16,20). The SMILES string of the molecule is CCCC(C(=O)N1CCN(C2CCCC2)CC1)C(N)=S. The summed E-state index contributed by atoms with van der Waals surface area (Å²) in [6.07, 6.45) is 7.11. The molecule has 20 heavy (non-hydrogen) atoms. The van der Waals surface area contributed by atoms with Crippen LogP contribution in [0.2, 0.25) is 0 Å². The molecule has 1 saturated heterocycles. The van der Waals surface area contributed by atoms with Gasteiger partial charge in [-0.15, -0.1) is 0 Å². The molecule has 1 amide bonds. The van der Waals surface area contributed by atoms with Crippen molar-refractivity contribution in [3.05, 3.63) is 0 Å². The third-order valence-corrected chi connectivity index (χ3v) is 4.97. The molecule has 4 nitrogen and oxygen atoms in total. The highest BCUT2D eigenvalue weighted by Crippen LogP contribution is 2.24. The second kappa shape index (κ2) is 7.36. The van der Waals surface area contributed by atoms with Crippen LogP contribution >= 0.6 is 12.2 Å². The lowest BCUT2D eigenvalue weighted by molar-refractivity contribution is -0.135. The second-order valence-electron chi connectivity index (χ2n) is 6.04. The van der Waals surface area contributed by atoms with Gasteiger partial charge in [-0.25, -0.2) is 0 Å². The third kappa shape index (κ3) is 3.70. The molecule has 0 aromatic carbocycles. The largest absolute Gasteiger partial charge is 0.393 e. The van der Waals surface area contributed by atoms with Crippen LogP contribution < -0.4 is 5.73 Å². The second-order valence-corrected chi connectivity index (χ2v) is 6.51. The fourth-order valence-corrected chi connectivity index (χ4v) is 3.69. The number of carbonyl (C=O) groups excluding carboxylic acids is 1. The van der Waals surface area contributed by atoms with Crippen LogP contribution in [-0.4, -0.2) is 52.9 Å². The number of nitrogens with zero attached hydrogens (tertiary/aromatic N) is 2. The van der Waals surface area contributed by atoms with Gasteiger partial charge in [0.15, 0.2) is 0 Å². The van der Waals surface area contributed by atoms with E-state index in [-0.39, 0.29) is 11.8 Å². The fraction of sp³-hybridized carbons (Fsp3) is 0.867. The van der Waals surface area contributed by atoms with Gasteiger partial charge in [-0.1, -0.05) is 38.4 Å². The molecule has 5 heteroatoms. The number of amides is 1. The van der Waals surface area contributed by atoms with E-state index in [2.05, 4.69) is 11.8 Å². The Morgan fingerprint density at radius 2 is 1.85 bits per heavy atom. The van der Waals surface area contributed by atoms with Crippen molar-refractivity contribution < 1.29 is 4.79 Å². The van der Waals surface area contributed by atoms with E-state index < -0.39 is 0 Å². The molecule has 0 aromatic rings. The lowest BCUT2D eigenvalue weighted by atomic mass is 10.0. The van der Waals surface area contributed by atoms with E-state index in [9.17, 15) is 4.79 Å². The van der Waals surface area contributed by atoms with Crippen LogP contribution in [0.15, 0.2) is 0 Å². The van der Waals surface area contributed by atoms with Crippen molar-refractivity contribution in [3.8, 4) is 0 Å². The van der Waals surface area contributed by atoms with E-state index in [1.165, 1.54) is 25.7 Å². The molecular formula is C15H27N3OS. The van der Waals surface area contributed by atoms with Crippen LogP contribution in [0, 0.1) is 5.92 Å². The molecule has 0 radical (unpaired) electrons. The average Bonchev–Trinajstić information content (AvgIpc) is 2.98. The van der Waals surface area contributed by atoms with Gasteiger partial charge in [0.25, 0.3) is 0 Å². The van der Waals surface area contributed by atoms with Crippen molar-refractivity contribution in [1.82, 2.24) is 9.80 Å². The van der Waals surface area contributed by atoms with Gasteiger partial charge in [-0.05, 0) is 19.3 Å². The number of hydrogen-bond donors (Lipinski definition) is 1. The van der Waals surface area contributed by atoms with E-state index in [1.54, 1.807) is 0 Å². The van der Waals surface area contributed by atoms with E-state index in [1.807, 2.05) is 4.90 Å². The highest BCUT2D eigenvalue weighted by atomic mass is 32.1. The maximum atomic E-state index is 12.5. The maximum absolute atomic E-state index is 12.5. The minimum absolute atomic E-state index is 0.144. The van der Waals surface area contributed by atoms with Crippen LogP contribution in [0.1, 0.15) is 45.4 Å². The normalized spacial score (nSPS) is 22.9. The third-order valence-electron chi connectivity index (χ3n) is 4.69. The molecule has 2 fully saturated rings. The molecule has 1 atom stereocenters. The molecule has 0 aromatic heterocycles. The van der Waals surface area contributed by atoms with Crippen LogP contribution in [-0.2, 0) is 4.79 Å². The molecule has 0 spiro atoms. The predicted octanol–water partition coefficient (Wildman–Crippen LogP) is 1.78. The molecule has 2 N–H and O–H groups in total. The first-order valence-corrected chi connectivity index (χ1v) is 8.36.